The molecular weight excluding hydrogens is 272 g/mol. The lowest BCUT2D eigenvalue weighted by molar-refractivity contribution is -0.127. The highest BCUT2D eigenvalue weighted by Crippen LogP contribution is 2.25. The third-order valence-electron chi connectivity index (χ3n) is 2.39. The lowest BCUT2D eigenvalue weighted by atomic mass is 10.1. The van der Waals surface area contributed by atoms with Gasteiger partial charge in [0, 0.05) is 5.54 Å². The number of nitrogens with one attached hydrogen (secondary N) is 2. The Morgan fingerprint density at radius 1 is 1.10 bits per heavy atom. The average molecular weight is 294 g/mol. The minimum Gasteiger partial charge on any atom is -0.493 e. The van der Waals surface area contributed by atoms with Crippen molar-refractivity contribution in [1.82, 2.24) is 10.6 Å². The maximum absolute atomic E-state index is 11.6. The second-order valence-electron chi connectivity index (χ2n) is 5.51. The number of amides is 2. The molecule has 0 spiro atoms. The van der Waals surface area contributed by atoms with Gasteiger partial charge >= 0.3 is 0 Å². The number of carbonyl (C=O) groups is 2. The predicted octanol–water partition coefficient (Wildman–Crippen LogP) is 1.10. The van der Waals surface area contributed by atoms with Crippen molar-refractivity contribution in [3.63, 3.8) is 0 Å². The summed E-state index contributed by atoms with van der Waals surface area (Å²) in [7, 11) is 1.53. The Kier molecular flexibility index (Phi) is 6.02. The van der Waals surface area contributed by atoms with Crippen molar-refractivity contribution in [3.05, 3.63) is 24.3 Å². The van der Waals surface area contributed by atoms with Gasteiger partial charge in [-0.05, 0) is 32.9 Å². The normalized spacial score (nSPS) is 10.7. The number of benzene rings is 1. The summed E-state index contributed by atoms with van der Waals surface area (Å²) >= 11 is 0. The SMILES string of the molecule is COc1ccccc1OCC(=O)NCC(=O)NC(C)(C)C. The number of ether oxygens (including phenoxy) is 2. The van der Waals surface area contributed by atoms with Crippen molar-refractivity contribution in [1.29, 1.82) is 0 Å². The van der Waals surface area contributed by atoms with Gasteiger partial charge in [-0.15, -0.1) is 0 Å². The van der Waals surface area contributed by atoms with Crippen molar-refractivity contribution in [2.75, 3.05) is 20.3 Å². The molecule has 0 heterocycles. The van der Waals surface area contributed by atoms with Crippen molar-refractivity contribution < 1.29 is 19.1 Å². The van der Waals surface area contributed by atoms with Crippen molar-refractivity contribution >= 4 is 11.8 Å². The average Bonchev–Trinajstić information content (AvgIpc) is 2.41. The summed E-state index contributed by atoms with van der Waals surface area (Å²) in [6.07, 6.45) is 0. The number of hydrogen-bond acceptors (Lipinski definition) is 4. The molecule has 0 atom stereocenters. The van der Waals surface area contributed by atoms with E-state index in [0.717, 1.165) is 0 Å². The summed E-state index contributed by atoms with van der Waals surface area (Å²) < 4.78 is 10.5. The van der Waals surface area contributed by atoms with Crippen LogP contribution in [0.5, 0.6) is 11.5 Å². The van der Waals surface area contributed by atoms with E-state index in [1.807, 2.05) is 26.8 Å². The van der Waals surface area contributed by atoms with Crippen LogP contribution in [0.15, 0.2) is 24.3 Å². The summed E-state index contributed by atoms with van der Waals surface area (Å²) in [4.78, 5) is 23.2. The van der Waals surface area contributed by atoms with Crippen LogP contribution in [0.25, 0.3) is 0 Å². The van der Waals surface area contributed by atoms with Gasteiger partial charge in [0.2, 0.25) is 5.91 Å². The van der Waals surface area contributed by atoms with Crippen LogP contribution in [0.2, 0.25) is 0 Å². The van der Waals surface area contributed by atoms with Crippen LogP contribution in [0.4, 0.5) is 0 Å². The molecule has 1 rings (SSSR count). The van der Waals surface area contributed by atoms with Crippen LogP contribution in [0.1, 0.15) is 20.8 Å². The van der Waals surface area contributed by atoms with Crippen LogP contribution in [-0.2, 0) is 9.59 Å². The Hall–Kier alpha value is -2.24. The zero-order chi connectivity index (χ0) is 15.9. The maximum atomic E-state index is 11.6. The van der Waals surface area contributed by atoms with Gasteiger partial charge in [-0.2, -0.15) is 0 Å². The first-order valence-corrected chi connectivity index (χ1v) is 6.65. The Balaban J connectivity index is 2.36. The van der Waals surface area contributed by atoms with Gasteiger partial charge < -0.3 is 20.1 Å². The first-order chi connectivity index (χ1) is 9.81. The zero-order valence-electron chi connectivity index (χ0n) is 12.9. The summed E-state index contributed by atoms with van der Waals surface area (Å²) in [5, 5.41) is 5.25. The van der Waals surface area contributed by atoms with Crippen LogP contribution < -0.4 is 20.1 Å². The van der Waals surface area contributed by atoms with Gasteiger partial charge in [-0.25, -0.2) is 0 Å². The molecule has 116 valence electrons. The zero-order valence-corrected chi connectivity index (χ0v) is 12.9. The summed E-state index contributed by atoms with van der Waals surface area (Å²) in [6.45, 7) is 5.36. The highest BCUT2D eigenvalue weighted by atomic mass is 16.5. The molecule has 0 bridgehead atoms. The molecule has 0 saturated carbocycles. The molecule has 0 unspecified atom stereocenters. The Bertz CT molecular complexity index is 495. The lowest BCUT2D eigenvalue weighted by Gasteiger charge is -2.20. The standard InChI is InChI=1S/C15H22N2O4/c1-15(2,3)17-13(18)9-16-14(19)10-21-12-8-6-5-7-11(12)20-4/h5-8H,9-10H2,1-4H3,(H,16,19)(H,17,18). The third-order valence-corrected chi connectivity index (χ3v) is 2.39. The van der Waals surface area contributed by atoms with Gasteiger partial charge in [-0.3, -0.25) is 9.59 Å². The van der Waals surface area contributed by atoms with E-state index in [1.165, 1.54) is 7.11 Å². The Labute approximate surface area is 124 Å². The lowest BCUT2D eigenvalue weighted by Crippen LogP contribution is -2.46. The van der Waals surface area contributed by atoms with Gasteiger partial charge in [0.25, 0.3) is 5.91 Å². The fraction of sp³-hybridized carbons (Fsp3) is 0.467. The molecule has 0 radical (unpaired) electrons. The van der Waals surface area contributed by atoms with Gasteiger partial charge in [0.15, 0.2) is 18.1 Å². The fourth-order valence-corrected chi connectivity index (χ4v) is 1.57. The molecule has 21 heavy (non-hydrogen) atoms. The van der Waals surface area contributed by atoms with Crippen molar-refractivity contribution in [2.45, 2.75) is 26.3 Å². The largest absolute Gasteiger partial charge is 0.493 e. The minimum atomic E-state index is -0.370. The van der Waals surface area contributed by atoms with Crippen molar-refractivity contribution in [2.24, 2.45) is 0 Å². The smallest absolute Gasteiger partial charge is 0.258 e. The molecule has 1 aromatic rings. The highest BCUT2D eigenvalue weighted by Gasteiger charge is 2.14. The van der Waals surface area contributed by atoms with E-state index in [2.05, 4.69) is 10.6 Å². The number of hydrogen-bond donors (Lipinski definition) is 2. The van der Waals surface area contributed by atoms with Gasteiger partial charge in [0.05, 0.1) is 13.7 Å². The van der Waals surface area contributed by atoms with Crippen LogP contribution in [0, 0.1) is 0 Å². The van der Waals surface area contributed by atoms with E-state index in [1.54, 1.807) is 18.2 Å². The number of carbonyl (C=O) groups excluding carboxylic acids is 2. The van der Waals surface area contributed by atoms with Gasteiger partial charge in [-0.1, -0.05) is 12.1 Å². The highest BCUT2D eigenvalue weighted by molar-refractivity contribution is 5.85. The van der Waals surface area contributed by atoms with Crippen LogP contribution >= 0.6 is 0 Å². The Morgan fingerprint density at radius 2 is 1.71 bits per heavy atom. The van der Waals surface area contributed by atoms with E-state index >= 15 is 0 Å². The first-order valence-electron chi connectivity index (χ1n) is 6.65. The quantitative estimate of drug-likeness (QED) is 0.824. The number of para-hydroxylation sites is 2. The van der Waals surface area contributed by atoms with Gasteiger partial charge in [0.1, 0.15) is 0 Å². The number of methoxy groups -OCH3 is 1. The first kappa shape index (κ1) is 16.8. The third kappa shape index (κ3) is 6.65. The van der Waals surface area contributed by atoms with Crippen LogP contribution in [-0.4, -0.2) is 37.6 Å². The predicted molar refractivity (Wildman–Crippen MR) is 79.4 cm³/mol. The molecule has 6 nitrogen and oxygen atoms in total. The minimum absolute atomic E-state index is 0.0780. The summed E-state index contributed by atoms with van der Waals surface area (Å²) in [5.41, 5.74) is -0.324. The molecule has 0 aliphatic carbocycles. The molecule has 0 aliphatic heterocycles. The molecule has 0 saturated heterocycles. The van der Waals surface area contributed by atoms with E-state index in [-0.39, 0.29) is 30.5 Å². The fourth-order valence-electron chi connectivity index (χ4n) is 1.57. The molecular formula is C15H22N2O4. The van der Waals surface area contributed by atoms with E-state index in [4.69, 9.17) is 9.47 Å². The molecule has 6 heteroatoms. The molecule has 0 aromatic heterocycles. The Morgan fingerprint density at radius 3 is 2.29 bits per heavy atom. The van der Waals surface area contributed by atoms with E-state index in [0.29, 0.717) is 11.5 Å². The van der Waals surface area contributed by atoms with Crippen LogP contribution in [0.3, 0.4) is 0 Å². The maximum Gasteiger partial charge on any atom is 0.258 e. The molecule has 2 amide bonds. The van der Waals surface area contributed by atoms with E-state index < -0.39 is 0 Å². The molecule has 0 fully saturated rings. The summed E-state index contributed by atoms with van der Waals surface area (Å²) in [5.74, 6) is 0.420. The molecule has 2 N–H and O–H groups in total. The van der Waals surface area contributed by atoms with E-state index in [9.17, 15) is 9.59 Å². The molecule has 1 aromatic carbocycles. The topological polar surface area (TPSA) is 76.7 Å². The summed E-state index contributed by atoms with van der Waals surface area (Å²) in [6, 6.07) is 7.04. The monoisotopic (exact) mass is 294 g/mol. The second kappa shape index (κ2) is 7.52. The second-order valence-corrected chi connectivity index (χ2v) is 5.51. The van der Waals surface area contributed by atoms with Crippen molar-refractivity contribution in [3.8, 4) is 11.5 Å². The molecule has 0 aliphatic rings. The number of rotatable bonds is 6.